The Morgan fingerprint density at radius 3 is 2.77 bits per heavy atom. The Morgan fingerprint density at radius 1 is 1.23 bits per heavy atom. The Bertz CT molecular complexity index is 969. The summed E-state index contributed by atoms with van der Waals surface area (Å²) in [6.07, 6.45) is 2.78. The van der Waals surface area contributed by atoms with E-state index in [1.54, 1.807) is 23.1 Å². The Hall–Kier alpha value is -2.32. The van der Waals surface area contributed by atoms with Gasteiger partial charge in [0.1, 0.15) is 37.7 Å². The van der Waals surface area contributed by atoms with Gasteiger partial charge in [-0.25, -0.2) is 9.67 Å². The van der Waals surface area contributed by atoms with E-state index in [4.69, 9.17) is 37.4 Å². The molecular formula is C21H22Cl2N4O3. The Kier molecular flexibility index (Phi) is 6.43. The predicted octanol–water partition coefficient (Wildman–Crippen LogP) is 4.36. The van der Waals surface area contributed by atoms with Crippen molar-refractivity contribution in [3.8, 4) is 5.75 Å². The van der Waals surface area contributed by atoms with E-state index in [1.807, 2.05) is 30.3 Å². The summed E-state index contributed by atoms with van der Waals surface area (Å²) in [5.74, 6) is -0.350. The van der Waals surface area contributed by atoms with Crippen molar-refractivity contribution in [3.63, 3.8) is 0 Å². The lowest BCUT2D eigenvalue weighted by atomic mass is 10.1. The predicted molar refractivity (Wildman–Crippen MR) is 115 cm³/mol. The van der Waals surface area contributed by atoms with Gasteiger partial charge in [-0.1, -0.05) is 29.3 Å². The first kappa shape index (κ1) is 20.9. The lowest BCUT2D eigenvalue weighted by Gasteiger charge is -2.29. The first-order valence-corrected chi connectivity index (χ1v) is 10.4. The number of halogens is 2. The molecule has 0 aliphatic carbocycles. The molecule has 0 bridgehead atoms. The van der Waals surface area contributed by atoms with Gasteiger partial charge in [0, 0.05) is 22.8 Å². The minimum absolute atomic E-state index is 0.284. The molecule has 7 nitrogen and oxygen atoms in total. The molecule has 4 rings (SSSR count). The maximum absolute atomic E-state index is 6.47. The van der Waals surface area contributed by atoms with Crippen LogP contribution in [0.15, 0.2) is 55.1 Å². The van der Waals surface area contributed by atoms with Gasteiger partial charge >= 0.3 is 0 Å². The monoisotopic (exact) mass is 448 g/mol. The quantitative estimate of drug-likeness (QED) is 0.551. The third-order valence-corrected chi connectivity index (χ3v) is 5.26. The van der Waals surface area contributed by atoms with Crippen molar-refractivity contribution in [2.45, 2.75) is 25.4 Å². The first-order chi connectivity index (χ1) is 14.6. The van der Waals surface area contributed by atoms with Crippen molar-refractivity contribution in [1.82, 2.24) is 14.8 Å². The fraction of sp³-hybridized carbons (Fsp3) is 0.333. The van der Waals surface area contributed by atoms with Gasteiger partial charge in [0.2, 0.25) is 5.79 Å². The molecule has 1 fully saturated rings. The van der Waals surface area contributed by atoms with Crippen molar-refractivity contribution in [2.24, 2.45) is 0 Å². The van der Waals surface area contributed by atoms with E-state index in [1.165, 1.54) is 6.33 Å². The van der Waals surface area contributed by atoms with E-state index in [2.05, 4.69) is 22.3 Å². The molecule has 1 aliphatic rings. The van der Waals surface area contributed by atoms with E-state index >= 15 is 0 Å². The van der Waals surface area contributed by atoms with Gasteiger partial charge < -0.3 is 19.5 Å². The fourth-order valence-corrected chi connectivity index (χ4v) is 3.90. The van der Waals surface area contributed by atoms with E-state index in [9.17, 15) is 0 Å². The van der Waals surface area contributed by atoms with Gasteiger partial charge in [-0.15, -0.1) is 0 Å². The van der Waals surface area contributed by atoms with Crippen molar-refractivity contribution in [1.29, 1.82) is 0 Å². The fourth-order valence-electron chi connectivity index (χ4n) is 3.34. The van der Waals surface area contributed by atoms with Crippen LogP contribution >= 0.6 is 23.2 Å². The summed E-state index contributed by atoms with van der Waals surface area (Å²) >= 11 is 12.5. The highest BCUT2D eigenvalue weighted by Crippen LogP contribution is 2.40. The number of nitrogens with one attached hydrogen (secondary N) is 1. The van der Waals surface area contributed by atoms with Crippen LogP contribution in [0.1, 0.15) is 12.5 Å². The Labute approximate surface area is 184 Å². The molecule has 158 valence electrons. The Morgan fingerprint density at radius 2 is 2.07 bits per heavy atom. The van der Waals surface area contributed by atoms with Crippen molar-refractivity contribution in [3.05, 3.63) is 70.7 Å². The molecule has 9 heteroatoms. The SMILES string of the molecule is CCNc1ccc(OCC2COC(Cn3cncn3)(c3ccc(Cl)cc3Cl)O2)cc1. The average Bonchev–Trinajstić information content (AvgIpc) is 3.38. The molecular weight excluding hydrogens is 427 g/mol. The maximum atomic E-state index is 6.47. The normalized spacial score (nSPS) is 21.0. The Balaban J connectivity index is 1.48. The lowest BCUT2D eigenvalue weighted by Crippen LogP contribution is -2.35. The number of benzene rings is 2. The maximum Gasteiger partial charge on any atom is 0.217 e. The van der Waals surface area contributed by atoms with E-state index in [0.717, 1.165) is 18.0 Å². The number of rotatable bonds is 8. The van der Waals surface area contributed by atoms with E-state index in [0.29, 0.717) is 35.4 Å². The number of aromatic nitrogens is 3. The van der Waals surface area contributed by atoms with Crippen LogP contribution < -0.4 is 10.1 Å². The van der Waals surface area contributed by atoms with Gasteiger partial charge in [-0.2, -0.15) is 5.10 Å². The number of ether oxygens (including phenoxy) is 3. The molecule has 2 heterocycles. The van der Waals surface area contributed by atoms with Crippen molar-refractivity contribution < 1.29 is 14.2 Å². The summed E-state index contributed by atoms with van der Waals surface area (Å²) < 4.78 is 20.0. The molecule has 0 radical (unpaired) electrons. The van der Waals surface area contributed by atoms with Crippen LogP contribution in [0.4, 0.5) is 5.69 Å². The second-order valence-electron chi connectivity index (χ2n) is 6.89. The van der Waals surface area contributed by atoms with Crippen LogP contribution in [0.25, 0.3) is 0 Å². The number of hydrogen-bond donors (Lipinski definition) is 1. The molecule has 2 atom stereocenters. The summed E-state index contributed by atoms with van der Waals surface area (Å²) in [6.45, 7) is 3.91. The molecule has 0 saturated carbocycles. The number of anilines is 1. The minimum Gasteiger partial charge on any atom is -0.491 e. The first-order valence-electron chi connectivity index (χ1n) is 9.64. The summed E-state index contributed by atoms with van der Waals surface area (Å²) in [7, 11) is 0. The molecule has 1 aromatic heterocycles. The second kappa shape index (κ2) is 9.22. The average molecular weight is 449 g/mol. The van der Waals surface area contributed by atoms with E-state index < -0.39 is 5.79 Å². The van der Waals surface area contributed by atoms with Crippen LogP contribution in [-0.2, 0) is 21.8 Å². The highest BCUT2D eigenvalue weighted by atomic mass is 35.5. The molecule has 3 aromatic rings. The molecule has 0 spiro atoms. The number of nitrogens with zero attached hydrogens (tertiary/aromatic N) is 3. The van der Waals surface area contributed by atoms with Gasteiger partial charge in [0.25, 0.3) is 0 Å². The highest BCUT2D eigenvalue weighted by molar-refractivity contribution is 6.35. The molecule has 0 amide bonds. The zero-order valence-electron chi connectivity index (χ0n) is 16.4. The van der Waals surface area contributed by atoms with Gasteiger partial charge in [-0.05, 0) is 43.3 Å². The van der Waals surface area contributed by atoms with Gasteiger partial charge in [-0.3, -0.25) is 0 Å². The van der Waals surface area contributed by atoms with Crippen LogP contribution in [0.2, 0.25) is 10.0 Å². The van der Waals surface area contributed by atoms with Crippen molar-refractivity contribution in [2.75, 3.05) is 25.1 Å². The van der Waals surface area contributed by atoms with E-state index in [-0.39, 0.29) is 6.10 Å². The molecule has 1 N–H and O–H groups in total. The van der Waals surface area contributed by atoms with Crippen LogP contribution in [-0.4, -0.2) is 40.6 Å². The van der Waals surface area contributed by atoms with Gasteiger partial charge in [0.15, 0.2) is 0 Å². The largest absolute Gasteiger partial charge is 0.491 e. The molecule has 2 aromatic carbocycles. The molecule has 2 unspecified atom stereocenters. The lowest BCUT2D eigenvalue weighted by molar-refractivity contribution is -0.190. The zero-order chi connectivity index (χ0) is 21.0. The summed E-state index contributed by atoms with van der Waals surface area (Å²) in [4.78, 5) is 4.00. The second-order valence-corrected chi connectivity index (χ2v) is 7.73. The highest BCUT2D eigenvalue weighted by Gasteiger charge is 2.45. The standard InChI is InChI=1S/C21H22Cl2N4O3/c1-2-25-16-4-6-17(7-5-16)28-10-18-11-29-21(30-18,12-27-14-24-13-26-27)19-8-3-15(22)9-20(19)23/h3-9,13-14,18,25H,2,10-12H2,1H3. The molecule has 30 heavy (non-hydrogen) atoms. The topological polar surface area (TPSA) is 70.4 Å². The summed E-state index contributed by atoms with van der Waals surface area (Å²) in [5.41, 5.74) is 1.73. The third kappa shape index (κ3) is 4.70. The minimum atomic E-state index is -1.11. The molecule has 1 aliphatic heterocycles. The zero-order valence-corrected chi connectivity index (χ0v) is 17.9. The van der Waals surface area contributed by atoms with Crippen molar-refractivity contribution >= 4 is 28.9 Å². The summed E-state index contributed by atoms with van der Waals surface area (Å²) in [6, 6.07) is 13.0. The molecule has 1 saturated heterocycles. The van der Waals surface area contributed by atoms with Crippen LogP contribution in [0.5, 0.6) is 5.75 Å². The summed E-state index contributed by atoms with van der Waals surface area (Å²) in [5, 5.41) is 8.44. The smallest absolute Gasteiger partial charge is 0.217 e. The van der Waals surface area contributed by atoms with Crippen LogP contribution in [0.3, 0.4) is 0 Å². The third-order valence-electron chi connectivity index (χ3n) is 4.71. The van der Waals surface area contributed by atoms with Gasteiger partial charge in [0.05, 0.1) is 11.6 Å². The van der Waals surface area contributed by atoms with Crippen LogP contribution in [0, 0.1) is 0 Å². The number of hydrogen-bond acceptors (Lipinski definition) is 6.